The number of hydrogen-bond acceptors (Lipinski definition) is 4. The first-order valence-electron chi connectivity index (χ1n) is 6.54. The lowest BCUT2D eigenvalue weighted by molar-refractivity contribution is -0.113. The molecule has 0 bridgehead atoms. The summed E-state index contributed by atoms with van der Waals surface area (Å²) in [4.78, 5) is 16.2. The average Bonchev–Trinajstić information content (AvgIpc) is 2.47. The van der Waals surface area contributed by atoms with Gasteiger partial charge in [-0.2, -0.15) is 0 Å². The summed E-state index contributed by atoms with van der Waals surface area (Å²) in [6, 6.07) is 6.38. The second kappa shape index (κ2) is 4.96. The number of allylic oxidation sites excluding steroid dienone is 2. The molecule has 0 spiro atoms. The van der Waals surface area contributed by atoms with Crippen molar-refractivity contribution in [2.45, 2.75) is 19.5 Å². The molecule has 3 rings (SSSR count). The molecular formula is C15H16ClN3O. The molecule has 1 aromatic rings. The van der Waals surface area contributed by atoms with Crippen molar-refractivity contribution in [3.63, 3.8) is 0 Å². The van der Waals surface area contributed by atoms with E-state index < -0.39 is 0 Å². The highest BCUT2D eigenvalue weighted by Crippen LogP contribution is 2.33. The van der Waals surface area contributed by atoms with Crippen LogP contribution in [0.15, 0.2) is 41.7 Å². The minimum absolute atomic E-state index is 0.120. The maximum atomic E-state index is 11.5. The van der Waals surface area contributed by atoms with Crippen LogP contribution >= 0.6 is 11.8 Å². The molecule has 0 fully saturated rings. The van der Waals surface area contributed by atoms with Gasteiger partial charge in [-0.15, -0.1) is 0 Å². The Hall–Kier alpha value is -1.78. The number of fused-ring (bicyclic) bond motifs is 1. The first-order valence-corrected chi connectivity index (χ1v) is 6.92. The van der Waals surface area contributed by atoms with Gasteiger partial charge in [-0.1, -0.05) is 24.8 Å². The molecule has 20 heavy (non-hydrogen) atoms. The number of hydrogen-bond donors (Lipinski definition) is 2. The molecule has 2 aliphatic rings. The average molecular weight is 290 g/mol. The van der Waals surface area contributed by atoms with E-state index in [1.165, 1.54) is 11.1 Å². The van der Waals surface area contributed by atoms with Gasteiger partial charge < -0.3 is 10.6 Å². The Labute approximate surface area is 123 Å². The number of nitrogens with two attached hydrogens (primary N) is 1. The van der Waals surface area contributed by atoms with Crippen molar-refractivity contribution in [2.75, 3.05) is 6.54 Å². The number of halogens is 1. The third kappa shape index (κ3) is 2.01. The number of carbonyl (C=O) groups is 1. The summed E-state index contributed by atoms with van der Waals surface area (Å²) in [6.45, 7) is 6.05. The van der Waals surface area contributed by atoms with E-state index in [2.05, 4.69) is 34.5 Å². The normalized spacial score (nSPS) is 18.1. The van der Waals surface area contributed by atoms with E-state index in [0.717, 1.165) is 30.8 Å². The Balaban J connectivity index is 1.86. The second-order valence-electron chi connectivity index (χ2n) is 5.15. The standard InChI is InChI=1S/C15H16ClN3O/c1-9-14(13(17)15(9)20)19-5-4-11-3-2-10(7-18-16)6-12(11)8-19/h2-3,6,18H,1,4-5,7-8,17H2. The zero-order chi connectivity index (χ0) is 14.3. The maximum Gasteiger partial charge on any atom is 0.212 e. The lowest BCUT2D eigenvalue weighted by Gasteiger charge is -2.37. The van der Waals surface area contributed by atoms with E-state index in [-0.39, 0.29) is 5.78 Å². The summed E-state index contributed by atoms with van der Waals surface area (Å²) in [5.74, 6) is -0.120. The van der Waals surface area contributed by atoms with E-state index in [1.807, 2.05) is 0 Å². The molecule has 1 aliphatic heterocycles. The number of benzene rings is 1. The molecule has 4 nitrogen and oxygen atoms in total. The Bertz CT molecular complexity index is 636. The summed E-state index contributed by atoms with van der Waals surface area (Å²) < 4.78 is 0. The molecular weight excluding hydrogens is 274 g/mol. The SMILES string of the molecule is C=C1C(=O)C(N)=C1N1CCc2ccc(CNCl)cc2C1. The molecule has 0 saturated heterocycles. The number of Topliss-reactive ketones (excluding diaryl/α,β-unsaturated/α-hetero) is 1. The van der Waals surface area contributed by atoms with Crippen LogP contribution in [-0.4, -0.2) is 17.2 Å². The lowest BCUT2D eigenvalue weighted by Crippen LogP contribution is -2.40. The van der Waals surface area contributed by atoms with Gasteiger partial charge in [0.2, 0.25) is 5.78 Å². The zero-order valence-electron chi connectivity index (χ0n) is 11.1. The molecule has 0 unspecified atom stereocenters. The summed E-state index contributed by atoms with van der Waals surface area (Å²) in [6.07, 6.45) is 0.947. The smallest absolute Gasteiger partial charge is 0.212 e. The van der Waals surface area contributed by atoms with E-state index in [4.69, 9.17) is 17.5 Å². The van der Waals surface area contributed by atoms with Gasteiger partial charge >= 0.3 is 0 Å². The van der Waals surface area contributed by atoms with E-state index in [9.17, 15) is 4.79 Å². The second-order valence-corrected chi connectivity index (χ2v) is 5.42. The van der Waals surface area contributed by atoms with Gasteiger partial charge in [-0.3, -0.25) is 4.79 Å². The minimum atomic E-state index is -0.120. The van der Waals surface area contributed by atoms with Crippen molar-refractivity contribution in [2.24, 2.45) is 5.73 Å². The fourth-order valence-corrected chi connectivity index (χ4v) is 2.98. The van der Waals surface area contributed by atoms with Crippen LogP contribution in [0.25, 0.3) is 0 Å². The third-order valence-corrected chi connectivity index (χ3v) is 4.06. The van der Waals surface area contributed by atoms with Crippen LogP contribution in [0.5, 0.6) is 0 Å². The number of carbonyl (C=O) groups excluding carboxylic acids is 1. The summed E-state index contributed by atoms with van der Waals surface area (Å²) in [7, 11) is 0. The number of ketones is 1. The van der Waals surface area contributed by atoms with Crippen LogP contribution in [-0.2, 0) is 24.3 Å². The van der Waals surface area contributed by atoms with E-state index in [0.29, 0.717) is 17.8 Å². The zero-order valence-corrected chi connectivity index (χ0v) is 11.8. The molecule has 1 heterocycles. The first kappa shape index (κ1) is 13.2. The number of rotatable bonds is 3. The monoisotopic (exact) mass is 289 g/mol. The molecule has 1 aromatic carbocycles. The van der Waals surface area contributed by atoms with Gasteiger partial charge in [0, 0.05) is 25.2 Å². The molecule has 0 aromatic heterocycles. The third-order valence-electron chi connectivity index (χ3n) is 3.93. The Morgan fingerprint density at radius 2 is 2.20 bits per heavy atom. The molecule has 0 saturated carbocycles. The van der Waals surface area contributed by atoms with Crippen LogP contribution in [0.1, 0.15) is 16.7 Å². The van der Waals surface area contributed by atoms with Crippen LogP contribution in [0.4, 0.5) is 0 Å². The molecule has 5 heteroatoms. The van der Waals surface area contributed by atoms with Crippen molar-refractivity contribution in [1.29, 1.82) is 0 Å². The van der Waals surface area contributed by atoms with E-state index in [1.54, 1.807) is 0 Å². The minimum Gasteiger partial charge on any atom is -0.394 e. The Kier molecular flexibility index (Phi) is 3.28. The molecule has 1 aliphatic carbocycles. The lowest BCUT2D eigenvalue weighted by atomic mass is 9.89. The Morgan fingerprint density at radius 3 is 2.90 bits per heavy atom. The van der Waals surface area contributed by atoms with Crippen molar-refractivity contribution in [3.05, 3.63) is 58.4 Å². The van der Waals surface area contributed by atoms with Crippen LogP contribution in [0.2, 0.25) is 0 Å². The van der Waals surface area contributed by atoms with Crippen LogP contribution < -0.4 is 10.6 Å². The van der Waals surface area contributed by atoms with Gasteiger partial charge in [0.15, 0.2) is 0 Å². The largest absolute Gasteiger partial charge is 0.394 e. The van der Waals surface area contributed by atoms with Crippen molar-refractivity contribution in [3.8, 4) is 0 Å². The van der Waals surface area contributed by atoms with Gasteiger partial charge in [0.05, 0.1) is 5.70 Å². The van der Waals surface area contributed by atoms with Crippen molar-refractivity contribution in [1.82, 2.24) is 9.74 Å². The summed E-state index contributed by atoms with van der Waals surface area (Å²) in [5, 5.41) is 0. The number of nitrogens with one attached hydrogen (secondary N) is 1. The molecule has 0 amide bonds. The van der Waals surface area contributed by atoms with Crippen LogP contribution in [0, 0.1) is 0 Å². The van der Waals surface area contributed by atoms with Gasteiger partial charge in [0.1, 0.15) is 5.70 Å². The predicted octanol–water partition coefficient (Wildman–Crippen LogP) is 1.60. The highest BCUT2D eigenvalue weighted by Gasteiger charge is 2.34. The fraction of sp³-hybridized carbons (Fsp3) is 0.267. The molecule has 0 atom stereocenters. The molecule has 104 valence electrons. The predicted molar refractivity (Wildman–Crippen MR) is 78.6 cm³/mol. The van der Waals surface area contributed by atoms with Gasteiger partial charge in [-0.05, 0) is 34.9 Å². The van der Waals surface area contributed by atoms with Crippen molar-refractivity contribution >= 4 is 17.6 Å². The maximum absolute atomic E-state index is 11.5. The summed E-state index contributed by atoms with van der Waals surface area (Å²) >= 11 is 5.55. The van der Waals surface area contributed by atoms with E-state index >= 15 is 0 Å². The molecule has 0 radical (unpaired) electrons. The fourth-order valence-electron chi connectivity index (χ4n) is 2.83. The molecule has 3 N–H and O–H groups in total. The highest BCUT2D eigenvalue weighted by atomic mass is 35.5. The van der Waals surface area contributed by atoms with Crippen LogP contribution in [0.3, 0.4) is 0 Å². The van der Waals surface area contributed by atoms with Gasteiger partial charge in [-0.25, -0.2) is 4.84 Å². The van der Waals surface area contributed by atoms with Gasteiger partial charge in [0.25, 0.3) is 0 Å². The number of nitrogens with zero attached hydrogens (tertiary/aromatic N) is 1. The first-order chi connectivity index (χ1) is 9.61. The van der Waals surface area contributed by atoms with Crippen molar-refractivity contribution < 1.29 is 4.79 Å². The summed E-state index contributed by atoms with van der Waals surface area (Å²) in [5.41, 5.74) is 11.2. The highest BCUT2D eigenvalue weighted by molar-refractivity contribution is 6.18. The Morgan fingerprint density at radius 1 is 1.40 bits per heavy atom. The quantitative estimate of drug-likeness (QED) is 0.655. The topological polar surface area (TPSA) is 58.4 Å².